The number of rotatable bonds is 15. The van der Waals surface area contributed by atoms with Gasteiger partial charge in [-0.15, -0.1) is 0 Å². The van der Waals surface area contributed by atoms with E-state index in [1.165, 1.54) is 54.1 Å². The molecule has 0 unspecified atom stereocenters. The summed E-state index contributed by atoms with van der Waals surface area (Å²) in [6.07, 6.45) is 2.74. The maximum Gasteiger partial charge on any atom is 0.326 e. The first kappa shape index (κ1) is 34.5. The summed E-state index contributed by atoms with van der Waals surface area (Å²) in [5.41, 5.74) is 5.93. The van der Waals surface area contributed by atoms with Gasteiger partial charge in [0.25, 0.3) is 0 Å². The Hall–Kier alpha value is -4.54. The number of imidazole rings is 1. The lowest BCUT2D eigenvalue weighted by atomic mass is 10.1. The van der Waals surface area contributed by atoms with Crippen LogP contribution in [0, 0.1) is 0 Å². The van der Waals surface area contributed by atoms with Crippen LogP contribution in [-0.4, -0.2) is 98.8 Å². The van der Waals surface area contributed by atoms with Crippen molar-refractivity contribution in [2.75, 3.05) is 0 Å². The number of carbonyl (C=O) groups is 7. The van der Waals surface area contributed by atoms with Gasteiger partial charge in [-0.25, -0.2) is 9.78 Å². The first-order chi connectivity index (χ1) is 19.0. The molecule has 0 fully saturated rings. The lowest BCUT2D eigenvalue weighted by molar-refractivity contribution is -0.142. The van der Waals surface area contributed by atoms with E-state index in [0.717, 1.165) is 0 Å². The van der Waals surface area contributed by atoms with Gasteiger partial charge in [0.15, 0.2) is 0 Å². The molecule has 0 radical (unpaired) electrons. The lowest BCUT2D eigenvalue weighted by Crippen LogP contribution is -2.57. The van der Waals surface area contributed by atoms with Crippen molar-refractivity contribution in [1.29, 1.82) is 0 Å². The van der Waals surface area contributed by atoms with Gasteiger partial charge >= 0.3 is 5.97 Å². The molecule has 17 heteroatoms. The van der Waals surface area contributed by atoms with Gasteiger partial charge in [0.2, 0.25) is 35.4 Å². The number of H-pyrrole nitrogens is 1. The van der Waals surface area contributed by atoms with E-state index in [0.29, 0.717) is 5.69 Å². The molecule has 0 saturated heterocycles. The van der Waals surface area contributed by atoms with Crippen LogP contribution in [0.5, 0.6) is 0 Å². The fourth-order valence-corrected chi connectivity index (χ4v) is 3.14. The molecule has 17 nitrogen and oxygen atoms in total. The molecule has 10 N–H and O–H groups in total. The van der Waals surface area contributed by atoms with Crippen LogP contribution in [0.25, 0.3) is 0 Å². The Morgan fingerprint density at radius 1 is 0.683 bits per heavy atom. The summed E-state index contributed by atoms with van der Waals surface area (Å²) in [7, 11) is 0. The topological polar surface area (TPSA) is 267 Å². The van der Waals surface area contributed by atoms with E-state index in [2.05, 4.69) is 41.9 Å². The molecule has 6 amide bonds. The van der Waals surface area contributed by atoms with Gasteiger partial charge < -0.3 is 47.7 Å². The van der Waals surface area contributed by atoms with Gasteiger partial charge in [-0.2, -0.15) is 0 Å². The summed E-state index contributed by atoms with van der Waals surface area (Å²) in [6, 6.07) is -7.47. The fraction of sp³-hybridized carbons (Fsp3) is 0.583. The highest BCUT2D eigenvalue weighted by atomic mass is 16.4. The zero-order valence-electron chi connectivity index (χ0n) is 23.7. The van der Waals surface area contributed by atoms with Gasteiger partial charge in [-0.3, -0.25) is 28.8 Å². The van der Waals surface area contributed by atoms with E-state index < -0.39 is 83.7 Å². The van der Waals surface area contributed by atoms with Crippen molar-refractivity contribution in [3.63, 3.8) is 0 Å². The molecule has 0 bridgehead atoms. The summed E-state index contributed by atoms with van der Waals surface area (Å²) in [4.78, 5) is 91.8. The lowest BCUT2D eigenvalue weighted by Gasteiger charge is -2.23. The van der Waals surface area contributed by atoms with Crippen LogP contribution < -0.4 is 37.6 Å². The quantitative estimate of drug-likeness (QED) is 0.0981. The Morgan fingerprint density at radius 2 is 1.02 bits per heavy atom. The summed E-state index contributed by atoms with van der Waals surface area (Å²) >= 11 is 0. The smallest absolute Gasteiger partial charge is 0.326 e. The van der Waals surface area contributed by atoms with E-state index in [-0.39, 0.29) is 6.42 Å². The van der Waals surface area contributed by atoms with Gasteiger partial charge in [0, 0.05) is 18.3 Å². The molecule has 41 heavy (non-hydrogen) atoms. The first-order valence-electron chi connectivity index (χ1n) is 12.8. The van der Waals surface area contributed by atoms with Crippen molar-refractivity contribution in [2.45, 2.75) is 90.3 Å². The molecule has 1 aromatic rings. The van der Waals surface area contributed by atoms with Gasteiger partial charge in [-0.1, -0.05) is 0 Å². The largest absolute Gasteiger partial charge is 0.480 e. The number of carboxylic acid groups (broad SMARTS) is 1. The van der Waals surface area contributed by atoms with E-state index in [9.17, 15) is 38.7 Å². The van der Waals surface area contributed by atoms with Crippen LogP contribution in [0.4, 0.5) is 0 Å². The maximum absolute atomic E-state index is 12.5. The molecule has 1 rings (SSSR count). The van der Waals surface area contributed by atoms with E-state index in [4.69, 9.17) is 5.73 Å². The molecule has 0 aromatic carbocycles. The van der Waals surface area contributed by atoms with E-state index in [1.54, 1.807) is 0 Å². The summed E-state index contributed by atoms with van der Waals surface area (Å²) in [5, 5.41) is 23.7. The average Bonchev–Trinajstić information content (AvgIpc) is 3.40. The molecule has 228 valence electrons. The summed E-state index contributed by atoms with van der Waals surface area (Å²) < 4.78 is 0. The standard InChI is InChI=1S/C24H39N9O8/c1-10(25)18(34)28-11(2)19(35)29-12(3)20(36)30-13(4)21(37)31-14(5)22(38)32-15(6)23(39)33-17(24(40)41)7-16-8-26-9-27-16/h8-15,17H,7,25H2,1-6H3,(H,26,27)(H,28,34)(H,29,35)(H,30,36)(H,31,37)(H,32,38)(H,33,39)(H,40,41)/t10-,11-,12-,13-,14-,15-,17-/m0/s1. The van der Waals surface area contributed by atoms with Crippen molar-refractivity contribution in [2.24, 2.45) is 5.73 Å². The number of carbonyl (C=O) groups excluding carboxylic acids is 6. The first-order valence-corrected chi connectivity index (χ1v) is 12.8. The number of carboxylic acids is 1. The monoisotopic (exact) mass is 581 g/mol. The van der Waals surface area contributed by atoms with Gasteiger partial charge in [0.05, 0.1) is 12.4 Å². The Kier molecular flexibility index (Phi) is 13.4. The Morgan fingerprint density at radius 3 is 1.32 bits per heavy atom. The van der Waals surface area contributed by atoms with Crippen molar-refractivity contribution in [3.8, 4) is 0 Å². The van der Waals surface area contributed by atoms with Crippen LogP contribution in [-0.2, 0) is 40.0 Å². The van der Waals surface area contributed by atoms with E-state index in [1.807, 2.05) is 0 Å². The maximum atomic E-state index is 12.5. The molecule has 0 spiro atoms. The van der Waals surface area contributed by atoms with Crippen molar-refractivity contribution in [1.82, 2.24) is 41.9 Å². The number of nitrogens with zero attached hydrogens (tertiary/aromatic N) is 1. The third-order valence-corrected chi connectivity index (χ3v) is 5.77. The number of aliphatic carboxylic acids is 1. The third kappa shape index (κ3) is 11.6. The molecule has 0 aliphatic rings. The molecule has 7 atom stereocenters. The van der Waals surface area contributed by atoms with Crippen molar-refractivity contribution >= 4 is 41.4 Å². The highest BCUT2D eigenvalue weighted by Gasteiger charge is 2.28. The number of nitrogens with one attached hydrogen (secondary N) is 7. The predicted molar refractivity (Wildman–Crippen MR) is 144 cm³/mol. The minimum Gasteiger partial charge on any atom is -0.480 e. The summed E-state index contributed by atoms with van der Waals surface area (Å²) in [5.74, 6) is -5.37. The van der Waals surface area contributed by atoms with Crippen LogP contribution in [0.1, 0.15) is 47.2 Å². The van der Waals surface area contributed by atoms with Crippen molar-refractivity contribution < 1.29 is 38.7 Å². The second kappa shape index (κ2) is 15.9. The van der Waals surface area contributed by atoms with Gasteiger partial charge in [-0.05, 0) is 41.5 Å². The number of nitrogens with two attached hydrogens (primary N) is 1. The number of hydrogen-bond donors (Lipinski definition) is 9. The molecular weight excluding hydrogens is 542 g/mol. The minimum absolute atomic E-state index is 0.0523. The van der Waals surface area contributed by atoms with Crippen LogP contribution in [0.3, 0.4) is 0 Å². The molecule has 0 saturated carbocycles. The normalized spacial score (nSPS) is 15.9. The van der Waals surface area contributed by atoms with Crippen molar-refractivity contribution in [3.05, 3.63) is 18.2 Å². The second-order valence-electron chi connectivity index (χ2n) is 9.62. The predicted octanol–water partition coefficient (Wildman–Crippen LogP) is -3.61. The molecular formula is C24H39N9O8. The van der Waals surface area contributed by atoms with Crippen LogP contribution in [0.15, 0.2) is 12.5 Å². The zero-order chi connectivity index (χ0) is 31.4. The van der Waals surface area contributed by atoms with Gasteiger partial charge in [0.1, 0.15) is 36.3 Å². The van der Waals surface area contributed by atoms with Crippen LogP contribution in [0.2, 0.25) is 0 Å². The summed E-state index contributed by atoms with van der Waals surface area (Å²) in [6.45, 7) is 8.30. The highest BCUT2D eigenvalue weighted by Crippen LogP contribution is 2.00. The third-order valence-electron chi connectivity index (χ3n) is 5.77. The van der Waals surface area contributed by atoms with E-state index >= 15 is 0 Å². The number of amides is 6. The highest BCUT2D eigenvalue weighted by molar-refractivity contribution is 5.96. The molecule has 0 aliphatic heterocycles. The second-order valence-corrected chi connectivity index (χ2v) is 9.62. The Bertz CT molecular complexity index is 1110. The molecule has 1 aromatic heterocycles. The fourth-order valence-electron chi connectivity index (χ4n) is 3.14. The number of aromatic amines is 1. The number of aromatic nitrogens is 2. The Labute approximate surface area is 236 Å². The minimum atomic E-state index is -1.28. The number of hydrogen-bond acceptors (Lipinski definition) is 9. The zero-order valence-corrected chi connectivity index (χ0v) is 23.7. The SMILES string of the molecule is C[C@H](N)C(=O)N[C@@H](C)C(=O)N[C@@H](C)C(=O)N[C@@H](C)C(=O)N[C@@H](C)C(=O)N[C@@H](C)C(=O)N[C@@H](Cc1cnc[nH]1)C(=O)O. The molecule has 0 aliphatic carbocycles. The average molecular weight is 582 g/mol. The van der Waals surface area contributed by atoms with Crippen LogP contribution >= 0.6 is 0 Å². The Balaban J connectivity index is 2.55. The molecule has 1 heterocycles.